The number of esters is 2. The Morgan fingerprint density at radius 1 is 1.03 bits per heavy atom. The van der Waals surface area contributed by atoms with Crippen molar-refractivity contribution in [2.75, 3.05) is 18.5 Å². The minimum Gasteiger partial charge on any atom is -0.462 e. The van der Waals surface area contributed by atoms with Gasteiger partial charge in [0, 0.05) is 11.3 Å². The van der Waals surface area contributed by atoms with Crippen LogP contribution in [0, 0.1) is 0 Å². The molecule has 7 nitrogen and oxygen atoms in total. The van der Waals surface area contributed by atoms with E-state index in [-0.39, 0.29) is 22.8 Å². The summed E-state index contributed by atoms with van der Waals surface area (Å²) >= 11 is 6.03. The molecule has 0 atom stereocenters. The average molecular weight is 418 g/mol. The van der Waals surface area contributed by atoms with Crippen LogP contribution in [-0.2, 0) is 14.3 Å². The third-order valence-corrected chi connectivity index (χ3v) is 4.15. The van der Waals surface area contributed by atoms with Crippen molar-refractivity contribution in [3.05, 3.63) is 64.2 Å². The van der Waals surface area contributed by atoms with Gasteiger partial charge in [-0.25, -0.2) is 9.59 Å². The molecular formula is C21H20ClNO6. The Bertz CT molecular complexity index is 895. The van der Waals surface area contributed by atoms with Gasteiger partial charge in [-0.1, -0.05) is 37.1 Å². The topological polar surface area (TPSA) is 98.8 Å². The first-order valence-corrected chi connectivity index (χ1v) is 9.31. The van der Waals surface area contributed by atoms with E-state index in [1.165, 1.54) is 42.5 Å². The highest BCUT2D eigenvalue weighted by Gasteiger charge is 2.15. The molecule has 0 bridgehead atoms. The SMILES string of the molecule is CCCCOC(=O)c1cc(NC(=O)COC(=O)c2ccc(C=O)cc2)ccc1Cl. The fraction of sp³-hybridized carbons (Fsp3) is 0.238. The van der Waals surface area contributed by atoms with E-state index in [0.717, 1.165) is 12.8 Å². The van der Waals surface area contributed by atoms with Gasteiger partial charge < -0.3 is 14.8 Å². The third-order valence-electron chi connectivity index (χ3n) is 3.82. The molecule has 0 spiro atoms. The lowest BCUT2D eigenvalue weighted by Gasteiger charge is -2.10. The van der Waals surface area contributed by atoms with Crippen molar-refractivity contribution in [3.8, 4) is 0 Å². The molecule has 2 rings (SSSR count). The number of unbranched alkanes of at least 4 members (excludes halogenated alkanes) is 1. The van der Waals surface area contributed by atoms with Gasteiger partial charge in [-0.3, -0.25) is 9.59 Å². The zero-order chi connectivity index (χ0) is 21.2. The predicted octanol–water partition coefficient (Wildman–Crippen LogP) is 3.90. The monoisotopic (exact) mass is 417 g/mol. The fourth-order valence-electron chi connectivity index (χ4n) is 2.26. The Hall–Kier alpha value is -3.19. The number of amides is 1. The van der Waals surface area contributed by atoms with Gasteiger partial charge in [0.2, 0.25) is 0 Å². The van der Waals surface area contributed by atoms with Crippen LogP contribution in [0.4, 0.5) is 5.69 Å². The van der Waals surface area contributed by atoms with Gasteiger partial charge in [-0.15, -0.1) is 0 Å². The lowest BCUT2D eigenvalue weighted by atomic mass is 10.1. The van der Waals surface area contributed by atoms with E-state index in [9.17, 15) is 19.2 Å². The number of nitrogens with one attached hydrogen (secondary N) is 1. The molecular weight excluding hydrogens is 398 g/mol. The summed E-state index contributed by atoms with van der Waals surface area (Å²) in [5, 5.41) is 2.73. The van der Waals surface area contributed by atoms with E-state index in [1.54, 1.807) is 0 Å². The number of hydrogen-bond donors (Lipinski definition) is 1. The van der Waals surface area contributed by atoms with Gasteiger partial charge in [0.1, 0.15) is 6.29 Å². The molecule has 1 amide bonds. The van der Waals surface area contributed by atoms with Gasteiger partial charge >= 0.3 is 11.9 Å². The first-order valence-electron chi connectivity index (χ1n) is 8.93. The molecule has 0 saturated carbocycles. The molecule has 0 aromatic heterocycles. The molecule has 2 aromatic carbocycles. The molecule has 2 aromatic rings. The quantitative estimate of drug-likeness (QED) is 0.377. The summed E-state index contributed by atoms with van der Waals surface area (Å²) in [7, 11) is 0. The third kappa shape index (κ3) is 6.73. The van der Waals surface area contributed by atoms with E-state index in [0.29, 0.717) is 17.5 Å². The molecule has 0 radical (unpaired) electrons. The zero-order valence-corrected chi connectivity index (χ0v) is 16.5. The molecule has 29 heavy (non-hydrogen) atoms. The van der Waals surface area contributed by atoms with Crippen LogP contribution in [0.15, 0.2) is 42.5 Å². The van der Waals surface area contributed by atoms with Gasteiger partial charge in [0.05, 0.1) is 22.8 Å². The zero-order valence-electron chi connectivity index (χ0n) is 15.8. The molecule has 0 unspecified atom stereocenters. The number of rotatable bonds is 9. The fourth-order valence-corrected chi connectivity index (χ4v) is 2.45. The van der Waals surface area contributed by atoms with E-state index in [2.05, 4.69) is 5.32 Å². The highest BCUT2D eigenvalue weighted by Crippen LogP contribution is 2.21. The molecule has 0 aliphatic carbocycles. The number of benzene rings is 2. The molecule has 0 aliphatic rings. The standard InChI is InChI=1S/C21H20ClNO6/c1-2-3-10-28-21(27)17-11-16(8-9-18(17)22)23-19(25)13-29-20(26)15-6-4-14(12-24)5-7-15/h4-9,11-12H,2-3,10,13H2,1H3,(H,23,25). The molecule has 152 valence electrons. The molecule has 1 N–H and O–H groups in total. The first kappa shape index (κ1) is 22.1. The van der Waals surface area contributed by atoms with Crippen LogP contribution < -0.4 is 5.32 Å². The summed E-state index contributed by atoms with van der Waals surface area (Å²) in [6, 6.07) is 10.2. The Morgan fingerprint density at radius 2 is 1.76 bits per heavy atom. The van der Waals surface area contributed by atoms with Crippen molar-refractivity contribution >= 4 is 41.4 Å². The minimum absolute atomic E-state index is 0.132. The van der Waals surface area contributed by atoms with Gasteiger partial charge in [0.25, 0.3) is 5.91 Å². The number of halogens is 1. The van der Waals surface area contributed by atoms with Crippen LogP contribution in [0.2, 0.25) is 5.02 Å². The molecule has 0 heterocycles. The lowest BCUT2D eigenvalue weighted by Crippen LogP contribution is -2.21. The lowest BCUT2D eigenvalue weighted by molar-refractivity contribution is -0.119. The summed E-state index contributed by atoms with van der Waals surface area (Å²) in [5.41, 5.74) is 1.08. The second-order valence-corrected chi connectivity index (χ2v) is 6.46. The number of aldehydes is 1. The summed E-state index contributed by atoms with van der Waals surface area (Å²) in [5.74, 6) is -1.87. The van der Waals surface area contributed by atoms with Crippen molar-refractivity contribution in [2.45, 2.75) is 19.8 Å². The Morgan fingerprint density at radius 3 is 2.41 bits per heavy atom. The van der Waals surface area contributed by atoms with Crippen LogP contribution in [0.1, 0.15) is 50.8 Å². The second-order valence-electron chi connectivity index (χ2n) is 6.05. The Balaban J connectivity index is 1.92. The van der Waals surface area contributed by atoms with Crippen molar-refractivity contribution in [1.29, 1.82) is 0 Å². The van der Waals surface area contributed by atoms with Gasteiger partial charge in [-0.2, -0.15) is 0 Å². The predicted molar refractivity (Wildman–Crippen MR) is 107 cm³/mol. The summed E-state index contributed by atoms with van der Waals surface area (Å²) in [6.45, 7) is 1.74. The van der Waals surface area contributed by atoms with Crippen molar-refractivity contribution in [2.24, 2.45) is 0 Å². The van der Waals surface area contributed by atoms with Crippen LogP contribution in [-0.4, -0.2) is 37.3 Å². The Labute approximate surface area is 172 Å². The largest absolute Gasteiger partial charge is 0.462 e. The van der Waals surface area contributed by atoms with Crippen LogP contribution in [0.25, 0.3) is 0 Å². The summed E-state index contributed by atoms with van der Waals surface area (Å²) < 4.78 is 10.1. The number of ether oxygens (including phenoxy) is 2. The van der Waals surface area contributed by atoms with Crippen molar-refractivity contribution in [3.63, 3.8) is 0 Å². The summed E-state index contributed by atoms with van der Waals surface area (Å²) in [4.78, 5) is 46.7. The van der Waals surface area contributed by atoms with Gasteiger partial charge in [-0.05, 0) is 36.8 Å². The maximum Gasteiger partial charge on any atom is 0.339 e. The summed E-state index contributed by atoms with van der Waals surface area (Å²) in [6.07, 6.45) is 2.28. The number of anilines is 1. The second kappa shape index (κ2) is 11.0. The van der Waals surface area contributed by atoms with E-state index < -0.39 is 24.5 Å². The minimum atomic E-state index is -0.700. The number of hydrogen-bond acceptors (Lipinski definition) is 6. The maximum atomic E-state index is 12.1. The normalized spacial score (nSPS) is 10.1. The van der Waals surface area contributed by atoms with E-state index in [4.69, 9.17) is 21.1 Å². The van der Waals surface area contributed by atoms with Crippen molar-refractivity contribution in [1.82, 2.24) is 0 Å². The molecule has 0 fully saturated rings. The van der Waals surface area contributed by atoms with Gasteiger partial charge in [0.15, 0.2) is 6.61 Å². The molecule has 8 heteroatoms. The first-order chi connectivity index (χ1) is 13.9. The molecule has 0 aliphatic heterocycles. The van der Waals surface area contributed by atoms with Crippen molar-refractivity contribution < 1.29 is 28.7 Å². The Kier molecular flexibility index (Phi) is 8.36. The number of carbonyl (C=O) groups excluding carboxylic acids is 4. The smallest absolute Gasteiger partial charge is 0.339 e. The number of carbonyl (C=O) groups is 4. The highest BCUT2D eigenvalue weighted by molar-refractivity contribution is 6.33. The van der Waals surface area contributed by atoms with Crippen LogP contribution >= 0.6 is 11.6 Å². The van der Waals surface area contributed by atoms with E-state index in [1.807, 2.05) is 6.92 Å². The van der Waals surface area contributed by atoms with Crippen LogP contribution in [0.5, 0.6) is 0 Å². The highest BCUT2D eigenvalue weighted by atomic mass is 35.5. The maximum absolute atomic E-state index is 12.1. The molecule has 0 saturated heterocycles. The average Bonchev–Trinajstić information content (AvgIpc) is 2.73. The van der Waals surface area contributed by atoms with E-state index >= 15 is 0 Å². The van der Waals surface area contributed by atoms with Crippen LogP contribution in [0.3, 0.4) is 0 Å².